The number of carbonyl (C=O) groups is 1. The van der Waals surface area contributed by atoms with Crippen LogP contribution in [0.1, 0.15) is 22.6 Å². The second-order valence-corrected chi connectivity index (χ2v) is 8.94. The first kappa shape index (κ1) is 17.7. The maximum absolute atomic E-state index is 13.1. The van der Waals surface area contributed by atoms with E-state index in [4.69, 9.17) is 4.74 Å². The van der Waals surface area contributed by atoms with Crippen LogP contribution in [-0.4, -0.2) is 37.1 Å². The van der Waals surface area contributed by atoms with E-state index in [1.807, 2.05) is 41.7 Å². The molecule has 1 atom stereocenters. The van der Waals surface area contributed by atoms with Crippen LogP contribution in [-0.2, 0) is 16.1 Å². The van der Waals surface area contributed by atoms with E-state index in [1.165, 1.54) is 9.75 Å². The van der Waals surface area contributed by atoms with E-state index in [0.29, 0.717) is 0 Å². The lowest BCUT2D eigenvalue weighted by Crippen LogP contribution is -2.42. The molecular formula is C21H26N2O2S. The minimum absolute atomic E-state index is 0.0210. The molecule has 4 rings (SSSR count). The van der Waals surface area contributed by atoms with E-state index < -0.39 is 0 Å². The van der Waals surface area contributed by atoms with Crippen molar-refractivity contribution < 1.29 is 9.53 Å². The zero-order valence-electron chi connectivity index (χ0n) is 15.2. The SMILES string of the molecule is Cc1ccc(CN2C[C@@H](C(=O)Nc3ccccc3)C3(CCOCC3)C2)s1. The molecule has 0 saturated carbocycles. The predicted octanol–water partition coefficient (Wildman–Crippen LogP) is 3.92. The number of aryl methyl sites for hydroxylation is 1. The Labute approximate surface area is 159 Å². The molecule has 1 spiro atoms. The average Bonchev–Trinajstić information content (AvgIpc) is 3.20. The number of ether oxygens (including phenoxy) is 1. The molecular weight excluding hydrogens is 344 g/mol. The van der Waals surface area contributed by atoms with Gasteiger partial charge in [-0.1, -0.05) is 18.2 Å². The Morgan fingerprint density at radius 1 is 1.23 bits per heavy atom. The largest absolute Gasteiger partial charge is 0.381 e. The Morgan fingerprint density at radius 3 is 2.69 bits per heavy atom. The fourth-order valence-corrected chi connectivity index (χ4v) is 5.31. The molecule has 26 heavy (non-hydrogen) atoms. The van der Waals surface area contributed by atoms with E-state index in [0.717, 1.165) is 51.4 Å². The van der Waals surface area contributed by atoms with Gasteiger partial charge in [0.15, 0.2) is 0 Å². The first-order valence-electron chi connectivity index (χ1n) is 9.36. The second kappa shape index (κ2) is 7.51. The first-order chi connectivity index (χ1) is 12.6. The van der Waals surface area contributed by atoms with Gasteiger partial charge in [0.2, 0.25) is 5.91 Å². The lowest BCUT2D eigenvalue weighted by molar-refractivity contribution is -0.124. The number of nitrogens with one attached hydrogen (secondary N) is 1. The smallest absolute Gasteiger partial charge is 0.229 e. The fraction of sp³-hybridized carbons (Fsp3) is 0.476. The van der Waals surface area contributed by atoms with Crippen LogP contribution in [0.2, 0.25) is 0 Å². The molecule has 3 heterocycles. The maximum atomic E-state index is 13.1. The minimum atomic E-state index is 0.0210. The molecule has 4 nitrogen and oxygen atoms in total. The highest BCUT2D eigenvalue weighted by molar-refractivity contribution is 7.11. The van der Waals surface area contributed by atoms with Gasteiger partial charge in [0, 0.05) is 53.7 Å². The van der Waals surface area contributed by atoms with E-state index in [1.54, 1.807) is 0 Å². The normalized spacial score (nSPS) is 22.6. The molecule has 0 aliphatic carbocycles. The lowest BCUT2D eigenvalue weighted by Gasteiger charge is -2.37. The number of nitrogens with zero attached hydrogens (tertiary/aromatic N) is 1. The van der Waals surface area contributed by atoms with Crippen molar-refractivity contribution in [3.05, 3.63) is 52.2 Å². The highest BCUT2D eigenvalue weighted by atomic mass is 32.1. The molecule has 2 aliphatic rings. The molecule has 2 saturated heterocycles. The van der Waals surface area contributed by atoms with E-state index in [9.17, 15) is 4.79 Å². The summed E-state index contributed by atoms with van der Waals surface area (Å²) in [6, 6.07) is 14.2. The number of amides is 1. The molecule has 0 unspecified atom stereocenters. The number of carbonyl (C=O) groups excluding carboxylic acids is 1. The number of likely N-dealkylation sites (tertiary alicyclic amines) is 1. The second-order valence-electron chi connectivity index (χ2n) is 7.56. The monoisotopic (exact) mass is 370 g/mol. The third-order valence-electron chi connectivity index (χ3n) is 5.74. The first-order valence-corrected chi connectivity index (χ1v) is 10.2. The number of thiophene rings is 1. The molecule has 1 aromatic heterocycles. The van der Waals surface area contributed by atoms with Crippen LogP contribution in [0.4, 0.5) is 5.69 Å². The maximum Gasteiger partial charge on any atom is 0.229 e. The molecule has 0 bridgehead atoms. The molecule has 2 aromatic rings. The third kappa shape index (κ3) is 3.70. The van der Waals surface area contributed by atoms with Crippen molar-refractivity contribution in [2.24, 2.45) is 11.3 Å². The van der Waals surface area contributed by atoms with Gasteiger partial charge in [-0.2, -0.15) is 0 Å². The van der Waals surface area contributed by atoms with Gasteiger partial charge in [0.1, 0.15) is 0 Å². The number of benzene rings is 1. The summed E-state index contributed by atoms with van der Waals surface area (Å²) in [5.74, 6) is 0.177. The van der Waals surface area contributed by atoms with Gasteiger partial charge in [-0.3, -0.25) is 9.69 Å². The summed E-state index contributed by atoms with van der Waals surface area (Å²) >= 11 is 1.86. The Morgan fingerprint density at radius 2 is 2.00 bits per heavy atom. The van der Waals surface area contributed by atoms with Crippen molar-refractivity contribution in [3.8, 4) is 0 Å². The molecule has 1 N–H and O–H groups in total. The summed E-state index contributed by atoms with van der Waals surface area (Å²) in [5, 5.41) is 3.14. The molecule has 1 aromatic carbocycles. The predicted molar refractivity (Wildman–Crippen MR) is 105 cm³/mol. The highest BCUT2D eigenvalue weighted by Gasteiger charge is 2.50. The zero-order chi connectivity index (χ0) is 18.0. The van der Waals surface area contributed by atoms with Gasteiger partial charge in [0.05, 0.1) is 5.92 Å². The standard InChI is InChI=1S/C21H26N2O2S/c1-16-7-8-18(26-16)13-23-14-19(21(15-23)9-11-25-12-10-21)20(24)22-17-5-3-2-4-6-17/h2-8,19H,9-15H2,1H3,(H,22,24)/t19-/m0/s1. The zero-order valence-corrected chi connectivity index (χ0v) is 16.1. The van der Waals surface area contributed by atoms with E-state index >= 15 is 0 Å². The number of hydrogen-bond acceptors (Lipinski definition) is 4. The fourth-order valence-electron chi connectivity index (χ4n) is 4.38. The van der Waals surface area contributed by atoms with Crippen LogP contribution in [0, 0.1) is 18.3 Å². The molecule has 2 aliphatic heterocycles. The molecule has 1 amide bonds. The van der Waals surface area contributed by atoms with Crippen LogP contribution < -0.4 is 5.32 Å². The van der Waals surface area contributed by atoms with Gasteiger partial charge in [-0.05, 0) is 44.0 Å². The summed E-state index contributed by atoms with van der Waals surface area (Å²) in [4.78, 5) is 18.3. The lowest BCUT2D eigenvalue weighted by atomic mass is 9.71. The molecule has 2 fully saturated rings. The average molecular weight is 371 g/mol. The Bertz CT molecular complexity index is 752. The van der Waals surface area contributed by atoms with E-state index in [-0.39, 0.29) is 17.2 Å². The number of anilines is 1. The third-order valence-corrected chi connectivity index (χ3v) is 6.73. The van der Waals surface area contributed by atoms with Crippen molar-refractivity contribution in [1.82, 2.24) is 4.90 Å². The summed E-state index contributed by atoms with van der Waals surface area (Å²) in [5.41, 5.74) is 0.927. The van der Waals surface area contributed by atoms with Crippen LogP contribution in [0.3, 0.4) is 0 Å². The van der Waals surface area contributed by atoms with Crippen molar-refractivity contribution in [3.63, 3.8) is 0 Å². The summed E-state index contributed by atoms with van der Waals surface area (Å²) in [6.07, 6.45) is 1.94. The van der Waals surface area contributed by atoms with Crippen LogP contribution in [0.25, 0.3) is 0 Å². The highest BCUT2D eigenvalue weighted by Crippen LogP contribution is 2.45. The van der Waals surface area contributed by atoms with Gasteiger partial charge >= 0.3 is 0 Å². The molecule has 138 valence electrons. The van der Waals surface area contributed by atoms with E-state index in [2.05, 4.69) is 29.3 Å². The number of rotatable bonds is 4. The van der Waals surface area contributed by atoms with Gasteiger partial charge in [-0.15, -0.1) is 11.3 Å². The summed E-state index contributed by atoms with van der Waals surface area (Å²) in [7, 11) is 0. The number of para-hydroxylation sites is 1. The van der Waals surface area contributed by atoms with Crippen molar-refractivity contribution in [2.45, 2.75) is 26.3 Å². The van der Waals surface area contributed by atoms with Crippen molar-refractivity contribution in [1.29, 1.82) is 0 Å². The van der Waals surface area contributed by atoms with Crippen LogP contribution in [0.15, 0.2) is 42.5 Å². The number of hydrogen-bond donors (Lipinski definition) is 1. The molecule has 0 radical (unpaired) electrons. The van der Waals surface area contributed by atoms with Gasteiger partial charge in [-0.25, -0.2) is 0 Å². The summed E-state index contributed by atoms with van der Waals surface area (Å²) in [6.45, 7) is 6.43. The minimum Gasteiger partial charge on any atom is -0.381 e. The summed E-state index contributed by atoms with van der Waals surface area (Å²) < 4.78 is 5.61. The molecule has 5 heteroatoms. The van der Waals surface area contributed by atoms with Crippen molar-refractivity contribution >= 4 is 22.9 Å². The topological polar surface area (TPSA) is 41.6 Å². The van der Waals surface area contributed by atoms with Crippen LogP contribution >= 0.6 is 11.3 Å². The van der Waals surface area contributed by atoms with Crippen molar-refractivity contribution in [2.75, 3.05) is 31.6 Å². The van der Waals surface area contributed by atoms with Crippen LogP contribution in [0.5, 0.6) is 0 Å². The van der Waals surface area contributed by atoms with Gasteiger partial charge < -0.3 is 10.1 Å². The Kier molecular flexibility index (Phi) is 5.11. The quantitative estimate of drug-likeness (QED) is 0.887. The Hall–Kier alpha value is -1.69. The van der Waals surface area contributed by atoms with Gasteiger partial charge in [0.25, 0.3) is 0 Å². The Balaban J connectivity index is 1.51.